The fourth-order valence-electron chi connectivity index (χ4n) is 8.68. The lowest BCUT2D eigenvalue weighted by Crippen LogP contribution is -2.62. The molecular weight excluding hydrogens is 915 g/mol. The van der Waals surface area contributed by atoms with Gasteiger partial charge in [-0.25, -0.2) is 0 Å². The molecule has 15 nitrogen and oxygen atoms in total. The van der Waals surface area contributed by atoms with Crippen LogP contribution >= 0.6 is 11.6 Å². The summed E-state index contributed by atoms with van der Waals surface area (Å²) in [4.78, 5) is 53.6. The molecular formula is C54H80BClN10O5. The van der Waals surface area contributed by atoms with Crippen LogP contribution in [-0.4, -0.2) is 172 Å². The third kappa shape index (κ3) is 22.7. The van der Waals surface area contributed by atoms with Crippen molar-refractivity contribution in [3.8, 4) is 0 Å². The number of alkyl halides is 1. The first kappa shape index (κ1) is 58.8. The molecule has 0 bridgehead atoms. The maximum Gasteiger partial charge on any atom is 0.239 e. The van der Waals surface area contributed by atoms with Gasteiger partial charge in [-0.2, -0.15) is 0 Å². The van der Waals surface area contributed by atoms with Crippen molar-refractivity contribution in [2.45, 2.75) is 127 Å². The van der Waals surface area contributed by atoms with Crippen molar-refractivity contribution in [3.05, 3.63) is 132 Å². The summed E-state index contributed by atoms with van der Waals surface area (Å²) in [5.74, 6) is -0.135. The third-order valence-corrected chi connectivity index (χ3v) is 12.4. The predicted molar refractivity (Wildman–Crippen MR) is 285 cm³/mol. The van der Waals surface area contributed by atoms with E-state index in [1.807, 2.05) is 114 Å². The van der Waals surface area contributed by atoms with Crippen LogP contribution in [0.4, 0.5) is 4.79 Å². The first-order valence-electron chi connectivity index (χ1n) is 24.8. The Morgan fingerprint density at radius 1 is 0.690 bits per heavy atom. The third-order valence-electron chi connectivity index (χ3n) is 12.1. The van der Waals surface area contributed by atoms with Crippen LogP contribution in [0.25, 0.3) is 0 Å². The fraction of sp³-hybridized carbons (Fsp3) is 0.537. The van der Waals surface area contributed by atoms with Gasteiger partial charge < -0.3 is 36.8 Å². The van der Waals surface area contributed by atoms with Crippen molar-refractivity contribution in [1.29, 1.82) is 0 Å². The molecule has 0 aliphatic carbocycles. The molecule has 17 heteroatoms. The van der Waals surface area contributed by atoms with E-state index in [0.717, 1.165) is 37.1 Å². The number of aliphatic hydroxyl groups is 2. The van der Waals surface area contributed by atoms with Crippen molar-refractivity contribution in [2.24, 2.45) is 5.73 Å². The van der Waals surface area contributed by atoms with E-state index in [4.69, 9.17) is 25.2 Å². The summed E-state index contributed by atoms with van der Waals surface area (Å²) in [5, 5.41) is 31.0. The number of nitrogens with one attached hydrogen (secondary N) is 3. The summed E-state index contributed by atoms with van der Waals surface area (Å²) in [6, 6.07) is 27.2. The van der Waals surface area contributed by atoms with Crippen LogP contribution in [0.2, 0.25) is 0 Å². The minimum absolute atomic E-state index is 0.000768. The fourth-order valence-corrected chi connectivity index (χ4v) is 8.84. The molecule has 4 aromatic rings. The topological polar surface area (TPSA) is 193 Å². The van der Waals surface area contributed by atoms with Crippen LogP contribution in [0, 0.1) is 0 Å². The number of carbonyl (C=O) groups excluding carboxylic acids is 3. The number of aliphatic hydroxyl groups excluding tert-OH is 2. The highest BCUT2D eigenvalue weighted by atomic mass is 35.5. The van der Waals surface area contributed by atoms with Crippen molar-refractivity contribution < 1.29 is 24.6 Å². The number of β-amino-alcohol motifs (C(OH)–C–C–N with tert-alkyl or cyclic N) is 2. The number of piperazine rings is 2. The number of likely N-dealkylation sites (N-methyl/N-ethyl adjacent to an activating group) is 1. The molecule has 6 rings (SSSR count). The summed E-state index contributed by atoms with van der Waals surface area (Å²) in [7, 11) is 7.33. The zero-order valence-electron chi connectivity index (χ0n) is 43.1. The molecule has 2 aromatic heterocycles. The summed E-state index contributed by atoms with van der Waals surface area (Å²) in [6.45, 7) is 16.6. The number of hydrogen-bond acceptors (Lipinski definition) is 12. The van der Waals surface area contributed by atoms with Gasteiger partial charge in [0.2, 0.25) is 19.7 Å². The normalized spacial score (nSPS) is 18.6. The molecule has 0 spiro atoms. The maximum absolute atomic E-state index is 13.2. The molecule has 2 radical (unpaired) electrons. The van der Waals surface area contributed by atoms with Crippen molar-refractivity contribution in [1.82, 2.24) is 45.5 Å². The number of pyridine rings is 2. The van der Waals surface area contributed by atoms with Crippen LogP contribution in [0.15, 0.2) is 110 Å². The number of halogens is 1. The maximum atomic E-state index is 13.2. The molecule has 3 amide bonds. The summed E-state index contributed by atoms with van der Waals surface area (Å²) < 4.78 is 0. The second-order valence-corrected chi connectivity index (χ2v) is 21.0. The lowest BCUT2D eigenvalue weighted by molar-refractivity contribution is -0.131. The Morgan fingerprint density at radius 3 is 1.63 bits per heavy atom. The number of hydrogen-bond donors (Lipinski definition) is 6. The van der Waals surface area contributed by atoms with Gasteiger partial charge in [-0.15, -0.1) is 11.6 Å². The number of nitrogens with two attached hydrogens (primary N) is 1. The first-order chi connectivity index (χ1) is 33.7. The van der Waals surface area contributed by atoms with Crippen LogP contribution in [0.5, 0.6) is 0 Å². The van der Waals surface area contributed by atoms with E-state index in [9.17, 15) is 24.6 Å². The van der Waals surface area contributed by atoms with Gasteiger partial charge in [0.05, 0.1) is 12.2 Å². The Morgan fingerprint density at radius 2 is 1.17 bits per heavy atom. The Kier molecular flexibility index (Phi) is 24.6. The zero-order valence-corrected chi connectivity index (χ0v) is 43.8. The second-order valence-electron chi connectivity index (χ2n) is 20.8. The highest BCUT2D eigenvalue weighted by molar-refractivity contribution is 6.56. The SMILES string of the molecule is CC(C)(C)NC(=O)[C@@H]1CN(Cc2cccnc2)CCN1C[C@@H](O)CC(N)Cc1ccccc1.ClCc1cccnc1.[B]C(=O)N1CCN(C[C@@H](O)CC(Cc2ccccc2)NC)[C@H](C(=O)NC(C)(C)C)C1. The Hall–Kier alpha value is -4.78. The lowest BCUT2D eigenvalue weighted by Gasteiger charge is -2.42. The summed E-state index contributed by atoms with van der Waals surface area (Å²) >= 11 is 5.49. The molecule has 6 atom stereocenters. The molecule has 386 valence electrons. The van der Waals surface area contributed by atoms with Crippen LogP contribution in [-0.2, 0) is 34.9 Å². The average Bonchev–Trinajstić information content (AvgIpc) is 3.32. The molecule has 2 unspecified atom stereocenters. The van der Waals surface area contributed by atoms with Gasteiger partial charge in [0.15, 0.2) is 5.81 Å². The second kappa shape index (κ2) is 29.7. The zero-order chi connectivity index (χ0) is 52.0. The van der Waals surface area contributed by atoms with E-state index in [0.29, 0.717) is 58.0 Å². The van der Waals surface area contributed by atoms with Crippen LogP contribution in [0.1, 0.15) is 76.6 Å². The molecule has 4 heterocycles. The van der Waals surface area contributed by atoms with Gasteiger partial charge in [-0.3, -0.25) is 39.1 Å². The monoisotopic (exact) mass is 995 g/mol. The first-order valence-corrected chi connectivity index (χ1v) is 25.3. The number of carbonyl (C=O) groups is 3. The number of nitrogens with zero attached hydrogens (tertiary/aromatic N) is 6. The van der Waals surface area contributed by atoms with E-state index < -0.39 is 24.1 Å². The van der Waals surface area contributed by atoms with E-state index in [-0.39, 0.29) is 47.6 Å². The van der Waals surface area contributed by atoms with Gasteiger partial charge in [0.1, 0.15) is 12.1 Å². The number of aromatic nitrogens is 2. The number of amides is 3. The Balaban J connectivity index is 0.000000267. The Labute approximate surface area is 429 Å². The minimum Gasteiger partial charge on any atom is -0.392 e. The standard InChI is InChI=1S/C26H39N5O2.C22H35BN4O3.C6H6ClN/c1-26(2,3)29-25(33)24-19-30(17-21-10-7-11-28-16-21)12-13-31(24)18-23(32)15-22(27)14-20-8-5-4-6-9-20;1-22(2,3)25-20(29)19-15-27(21(23)30)11-10-26(19)14-18(28)13-17(24-4)12-16-8-6-5-7-9-16;7-4-6-2-1-3-8-5-6/h4-11,16,22-24,32H,12-15,17-19,27H2,1-3H3,(H,29,33);5-9,17-19,24,28H,10-15H2,1-4H3,(H,25,29);1-3,5H,4H2/t22?,23-,24-;17?,18-,19-;/m00./s1. The molecule has 71 heavy (non-hydrogen) atoms. The molecule has 0 saturated carbocycles. The van der Waals surface area contributed by atoms with Crippen LogP contribution < -0.4 is 21.7 Å². The average molecular weight is 996 g/mol. The van der Waals surface area contributed by atoms with Crippen molar-refractivity contribution in [2.75, 3.05) is 59.4 Å². The molecule has 2 fully saturated rings. The van der Waals surface area contributed by atoms with Crippen molar-refractivity contribution in [3.63, 3.8) is 0 Å². The van der Waals surface area contributed by atoms with Gasteiger partial charge in [0, 0.05) is 113 Å². The number of rotatable bonds is 18. The molecule has 2 aliphatic rings. The van der Waals surface area contributed by atoms with E-state index in [1.54, 1.807) is 18.6 Å². The van der Waals surface area contributed by atoms with E-state index in [1.165, 1.54) is 16.0 Å². The predicted octanol–water partition coefficient (Wildman–Crippen LogP) is 4.38. The van der Waals surface area contributed by atoms with E-state index >= 15 is 0 Å². The molecule has 2 aromatic carbocycles. The Bertz CT molecular complexity index is 2140. The molecule has 7 N–H and O–H groups in total. The van der Waals surface area contributed by atoms with Crippen LogP contribution in [0.3, 0.4) is 0 Å². The van der Waals surface area contributed by atoms with Gasteiger partial charge in [-0.1, -0.05) is 72.8 Å². The summed E-state index contributed by atoms with van der Waals surface area (Å²) in [5.41, 5.74) is 10.2. The van der Waals surface area contributed by atoms with E-state index in [2.05, 4.69) is 66.0 Å². The smallest absolute Gasteiger partial charge is 0.239 e. The van der Waals surface area contributed by atoms with Crippen molar-refractivity contribution >= 4 is 37.1 Å². The van der Waals surface area contributed by atoms with Gasteiger partial charge >= 0.3 is 0 Å². The molecule has 2 aliphatic heterocycles. The van der Waals surface area contributed by atoms with Gasteiger partial charge in [-0.05, 0) is 109 Å². The highest BCUT2D eigenvalue weighted by Crippen LogP contribution is 2.18. The largest absolute Gasteiger partial charge is 0.392 e. The highest BCUT2D eigenvalue weighted by Gasteiger charge is 2.37. The minimum atomic E-state index is -0.601. The lowest BCUT2D eigenvalue weighted by atomic mass is 9.99. The number of benzene rings is 2. The van der Waals surface area contributed by atoms with Gasteiger partial charge in [0.25, 0.3) is 0 Å². The summed E-state index contributed by atoms with van der Waals surface area (Å²) in [6.07, 6.45) is 8.55. The quantitative estimate of drug-likeness (QED) is 0.0611. The molecule has 2 saturated heterocycles.